The first-order chi connectivity index (χ1) is 11.7. The summed E-state index contributed by atoms with van der Waals surface area (Å²) in [6.07, 6.45) is -0.467. The molecule has 0 aromatic heterocycles. The van der Waals surface area contributed by atoms with Gasteiger partial charge >= 0.3 is 0 Å². The molecule has 3 heterocycles. The molecule has 6 nitrogen and oxygen atoms in total. The van der Waals surface area contributed by atoms with E-state index in [0.717, 1.165) is 4.90 Å². The van der Waals surface area contributed by atoms with Crippen LogP contribution < -0.4 is 4.90 Å². The van der Waals surface area contributed by atoms with Crippen LogP contribution in [-0.4, -0.2) is 34.2 Å². The molecule has 5 unspecified atom stereocenters. The number of aliphatic hydroxyl groups is 1. The lowest BCUT2D eigenvalue weighted by atomic mass is 9.67. The average molecular weight is 361 g/mol. The van der Waals surface area contributed by atoms with Crippen molar-refractivity contribution in [1.82, 2.24) is 0 Å². The molecule has 1 aromatic carbocycles. The Kier molecular flexibility index (Phi) is 3.19. The van der Waals surface area contributed by atoms with E-state index in [0.29, 0.717) is 23.2 Å². The minimum atomic E-state index is -1.06. The monoisotopic (exact) mass is 360 g/mol. The Bertz CT molecular complexity index is 879. The summed E-state index contributed by atoms with van der Waals surface area (Å²) in [5.41, 5.74) is -0.739. The number of fused-ring (bicyclic) bond motifs is 5. The van der Waals surface area contributed by atoms with Gasteiger partial charge in [-0.25, -0.2) is 4.90 Å². The van der Waals surface area contributed by atoms with Crippen molar-refractivity contribution in [3.8, 4) is 6.07 Å². The van der Waals surface area contributed by atoms with Gasteiger partial charge in [0.1, 0.15) is 11.7 Å². The number of amides is 2. The highest BCUT2D eigenvalue weighted by Crippen LogP contribution is 2.61. The zero-order valence-electron chi connectivity index (χ0n) is 14.0. The molecule has 0 saturated carbocycles. The van der Waals surface area contributed by atoms with Crippen molar-refractivity contribution in [1.29, 1.82) is 5.26 Å². The van der Waals surface area contributed by atoms with Gasteiger partial charge in [-0.15, -0.1) is 0 Å². The van der Waals surface area contributed by atoms with Gasteiger partial charge in [0, 0.05) is 6.42 Å². The van der Waals surface area contributed by atoms with Crippen LogP contribution in [0.5, 0.6) is 0 Å². The minimum Gasteiger partial charge on any atom is -0.390 e. The Morgan fingerprint density at radius 1 is 1.32 bits per heavy atom. The number of carbonyl (C=O) groups excluding carboxylic acids is 2. The van der Waals surface area contributed by atoms with E-state index in [1.165, 1.54) is 6.07 Å². The number of nitrogens with zero attached hydrogens (tertiary/aromatic N) is 2. The van der Waals surface area contributed by atoms with Crippen LogP contribution in [0.3, 0.4) is 0 Å². The predicted octanol–water partition coefficient (Wildman–Crippen LogP) is 1.94. The molecular formula is C18H17ClN2O4. The number of carbonyl (C=O) groups is 2. The molecule has 0 radical (unpaired) electrons. The van der Waals surface area contributed by atoms with E-state index in [4.69, 9.17) is 21.6 Å². The van der Waals surface area contributed by atoms with Gasteiger partial charge < -0.3 is 9.84 Å². The van der Waals surface area contributed by atoms with Gasteiger partial charge in [-0.2, -0.15) is 5.26 Å². The van der Waals surface area contributed by atoms with Gasteiger partial charge in [-0.3, -0.25) is 9.59 Å². The smallest absolute Gasteiger partial charge is 0.240 e. The summed E-state index contributed by atoms with van der Waals surface area (Å²) in [7, 11) is 0. The van der Waals surface area contributed by atoms with Gasteiger partial charge in [0.15, 0.2) is 0 Å². The number of aliphatic hydroxyl groups excluding tert-OH is 1. The van der Waals surface area contributed by atoms with Crippen LogP contribution in [0.15, 0.2) is 12.1 Å². The molecule has 2 amide bonds. The van der Waals surface area contributed by atoms with Gasteiger partial charge in [-0.05, 0) is 38.5 Å². The molecule has 0 spiro atoms. The zero-order valence-corrected chi connectivity index (χ0v) is 14.8. The molecular weight excluding hydrogens is 344 g/mol. The third kappa shape index (κ3) is 1.81. The van der Waals surface area contributed by atoms with Crippen molar-refractivity contribution < 1.29 is 19.4 Å². The van der Waals surface area contributed by atoms with E-state index >= 15 is 0 Å². The van der Waals surface area contributed by atoms with Crippen molar-refractivity contribution in [3.63, 3.8) is 0 Å². The number of benzene rings is 1. The van der Waals surface area contributed by atoms with Crippen LogP contribution >= 0.6 is 11.6 Å². The summed E-state index contributed by atoms with van der Waals surface area (Å²) in [5, 5.41) is 19.7. The van der Waals surface area contributed by atoms with Gasteiger partial charge in [0.2, 0.25) is 11.8 Å². The lowest BCUT2D eigenvalue weighted by Gasteiger charge is -2.31. The zero-order chi connectivity index (χ0) is 18.3. The summed E-state index contributed by atoms with van der Waals surface area (Å²) in [6, 6.07) is 5.06. The number of hydrogen-bond acceptors (Lipinski definition) is 5. The fourth-order valence-corrected chi connectivity index (χ4v) is 4.96. The van der Waals surface area contributed by atoms with Crippen LogP contribution in [0.25, 0.3) is 0 Å². The van der Waals surface area contributed by atoms with Crippen LogP contribution in [0.2, 0.25) is 5.02 Å². The van der Waals surface area contributed by atoms with Crippen LogP contribution in [-0.2, 0) is 14.3 Å². The lowest BCUT2D eigenvalue weighted by Crippen LogP contribution is -2.49. The number of ether oxygens (including phenoxy) is 1. The van der Waals surface area contributed by atoms with E-state index in [-0.39, 0.29) is 16.8 Å². The van der Waals surface area contributed by atoms with Gasteiger partial charge in [0.05, 0.1) is 39.8 Å². The topological polar surface area (TPSA) is 90.6 Å². The molecule has 3 saturated heterocycles. The number of rotatable bonds is 1. The third-order valence-corrected chi connectivity index (χ3v) is 6.50. The van der Waals surface area contributed by atoms with E-state index in [2.05, 4.69) is 0 Å². The highest BCUT2D eigenvalue weighted by molar-refractivity contribution is 6.33. The maximum atomic E-state index is 13.1. The summed E-state index contributed by atoms with van der Waals surface area (Å²) >= 11 is 6.20. The Hall–Kier alpha value is -1.94. The number of halogens is 1. The largest absolute Gasteiger partial charge is 0.390 e. The SMILES string of the molecule is Cc1c(N2C(=O)C3C(C2=O)C2(C)OC3(C)CC2O)ccc(C#N)c1Cl. The van der Waals surface area contributed by atoms with Gasteiger partial charge in [0.25, 0.3) is 0 Å². The predicted molar refractivity (Wildman–Crippen MR) is 88.9 cm³/mol. The highest BCUT2D eigenvalue weighted by Gasteiger charge is 2.75. The van der Waals surface area contributed by atoms with Crippen molar-refractivity contribution in [2.45, 2.75) is 44.5 Å². The lowest BCUT2D eigenvalue weighted by molar-refractivity contribution is -0.132. The Morgan fingerprint density at radius 2 is 1.96 bits per heavy atom. The van der Waals surface area contributed by atoms with Crippen LogP contribution in [0, 0.1) is 30.1 Å². The molecule has 5 atom stereocenters. The van der Waals surface area contributed by atoms with E-state index in [1.807, 2.05) is 6.07 Å². The van der Waals surface area contributed by atoms with Crippen LogP contribution in [0.4, 0.5) is 5.69 Å². The Labute approximate surface area is 149 Å². The second-order valence-electron chi connectivity index (χ2n) is 7.47. The van der Waals surface area contributed by atoms with E-state index in [9.17, 15) is 14.7 Å². The van der Waals surface area contributed by atoms with Crippen molar-refractivity contribution in [2.24, 2.45) is 11.8 Å². The standard InChI is InChI=1S/C18H17ClN2O4/c1-8-10(5-4-9(7-20)14(8)19)21-15(23)12-13(16(21)24)18(3)11(22)6-17(12,2)25-18/h4-5,11-13,22H,6H2,1-3H3. The Balaban J connectivity index is 1.84. The molecule has 130 valence electrons. The fourth-order valence-electron chi connectivity index (χ4n) is 4.76. The Morgan fingerprint density at radius 3 is 2.60 bits per heavy atom. The second-order valence-corrected chi connectivity index (χ2v) is 7.85. The van der Waals surface area contributed by atoms with Gasteiger partial charge in [-0.1, -0.05) is 11.6 Å². The molecule has 3 aliphatic heterocycles. The molecule has 2 bridgehead atoms. The van der Waals surface area contributed by atoms with Crippen LogP contribution in [0.1, 0.15) is 31.4 Å². The van der Waals surface area contributed by atoms with E-state index < -0.39 is 29.1 Å². The number of hydrogen-bond donors (Lipinski definition) is 1. The molecule has 0 aliphatic carbocycles. The summed E-state index contributed by atoms with van der Waals surface area (Å²) in [5.74, 6) is -2.06. The molecule has 4 rings (SSSR count). The van der Waals surface area contributed by atoms with Crippen molar-refractivity contribution >= 4 is 29.1 Å². The maximum Gasteiger partial charge on any atom is 0.240 e. The second kappa shape index (κ2) is 4.82. The number of nitriles is 1. The highest BCUT2D eigenvalue weighted by atomic mass is 35.5. The molecule has 3 aliphatic rings. The minimum absolute atomic E-state index is 0.231. The van der Waals surface area contributed by atoms with Crippen molar-refractivity contribution in [3.05, 3.63) is 28.3 Å². The van der Waals surface area contributed by atoms with E-state index in [1.54, 1.807) is 26.8 Å². The third-order valence-electron chi connectivity index (χ3n) is 6.01. The summed E-state index contributed by atoms with van der Waals surface area (Å²) < 4.78 is 5.95. The quantitative estimate of drug-likeness (QED) is 0.773. The summed E-state index contributed by atoms with van der Waals surface area (Å²) in [6.45, 7) is 5.15. The molecule has 3 fully saturated rings. The average Bonchev–Trinajstić information content (AvgIpc) is 3.05. The first-order valence-electron chi connectivity index (χ1n) is 8.11. The first-order valence-corrected chi connectivity index (χ1v) is 8.49. The molecule has 1 aromatic rings. The number of imide groups is 1. The normalized spacial score (nSPS) is 39.0. The molecule has 1 N–H and O–H groups in total. The van der Waals surface area contributed by atoms with Crippen molar-refractivity contribution in [2.75, 3.05) is 4.90 Å². The molecule has 7 heteroatoms. The molecule has 25 heavy (non-hydrogen) atoms. The number of anilines is 1. The first kappa shape index (κ1) is 16.5. The summed E-state index contributed by atoms with van der Waals surface area (Å²) in [4.78, 5) is 27.3. The fraction of sp³-hybridized carbons (Fsp3) is 0.500. The maximum absolute atomic E-state index is 13.1.